The summed E-state index contributed by atoms with van der Waals surface area (Å²) in [6.07, 6.45) is 0.0922. The van der Waals surface area contributed by atoms with Crippen LogP contribution < -0.4 is 21.4 Å². The van der Waals surface area contributed by atoms with Gasteiger partial charge in [0.2, 0.25) is 5.91 Å². The number of likely N-dealkylation sites (tertiary alicyclic amines) is 1. The number of amides is 3. The largest absolute Gasteiger partial charge is 0.391 e. The summed E-state index contributed by atoms with van der Waals surface area (Å²) in [5, 5.41) is 33.5. The predicted octanol–water partition coefficient (Wildman–Crippen LogP) is 1.12. The molecule has 0 saturated carbocycles. The van der Waals surface area contributed by atoms with Gasteiger partial charge >= 0.3 is 6.03 Å². The lowest BCUT2D eigenvalue weighted by molar-refractivity contribution is -0.135. The van der Waals surface area contributed by atoms with Gasteiger partial charge in [-0.2, -0.15) is 0 Å². The van der Waals surface area contributed by atoms with Gasteiger partial charge in [-0.25, -0.2) is 9.80 Å². The molecule has 2 aromatic carbocycles. The Morgan fingerprint density at radius 1 is 1.18 bits per heavy atom. The number of benzene rings is 2. The monoisotopic (exact) mass is 544 g/mol. The Bertz CT molecular complexity index is 1070. The quantitative estimate of drug-likeness (QED) is 0.195. The number of ether oxygens (including phenoxy) is 1. The summed E-state index contributed by atoms with van der Waals surface area (Å²) in [5.74, 6) is -0.272. The summed E-state index contributed by atoms with van der Waals surface area (Å²) in [6.45, 7) is 2.97. The SMILES string of the molecule is CCC([C@H](O)COC[C@@H]1C[C@H](O)CN1C(=O)[C@H](CCNC)NC(=O)Nc1ccc2ccccc2c1)N(C)NC. The van der Waals surface area contributed by atoms with E-state index >= 15 is 0 Å². The summed E-state index contributed by atoms with van der Waals surface area (Å²) < 4.78 is 5.82. The van der Waals surface area contributed by atoms with Crippen LogP contribution in [0.25, 0.3) is 10.8 Å². The Balaban J connectivity index is 1.61. The molecule has 11 heteroatoms. The van der Waals surface area contributed by atoms with Gasteiger partial charge in [0.15, 0.2) is 0 Å². The fraction of sp³-hybridized carbons (Fsp3) is 0.571. The van der Waals surface area contributed by atoms with E-state index in [2.05, 4.69) is 21.4 Å². The lowest BCUT2D eigenvalue weighted by atomic mass is 10.1. The minimum atomic E-state index is -0.787. The highest BCUT2D eigenvalue weighted by atomic mass is 16.5. The average Bonchev–Trinajstić information content (AvgIpc) is 3.30. The molecule has 3 amide bonds. The van der Waals surface area contributed by atoms with Gasteiger partial charge in [0.25, 0.3) is 0 Å². The van der Waals surface area contributed by atoms with Crippen molar-refractivity contribution in [3.05, 3.63) is 42.5 Å². The van der Waals surface area contributed by atoms with E-state index in [9.17, 15) is 19.8 Å². The molecule has 216 valence electrons. The third-order valence-electron chi connectivity index (χ3n) is 7.28. The molecule has 1 aliphatic rings. The van der Waals surface area contributed by atoms with E-state index in [-0.39, 0.29) is 37.7 Å². The van der Waals surface area contributed by atoms with Crippen molar-refractivity contribution in [2.75, 3.05) is 52.8 Å². The van der Waals surface area contributed by atoms with Crippen LogP contribution in [-0.4, -0.2) is 110 Å². The van der Waals surface area contributed by atoms with Gasteiger partial charge in [-0.15, -0.1) is 0 Å². The van der Waals surface area contributed by atoms with Crippen molar-refractivity contribution in [2.24, 2.45) is 0 Å². The van der Waals surface area contributed by atoms with Gasteiger partial charge < -0.3 is 35.8 Å². The number of carbonyl (C=O) groups excluding carboxylic acids is 2. The smallest absolute Gasteiger partial charge is 0.319 e. The number of aliphatic hydroxyl groups excluding tert-OH is 2. The van der Waals surface area contributed by atoms with Crippen LogP contribution in [0.15, 0.2) is 42.5 Å². The second kappa shape index (κ2) is 15.1. The molecule has 0 spiro atoms. The van der Waals surface area contributed by atoms with Gasteiger partial charge in [-0.1, -0.05) is 37.3 Å². The van der Waals surface area contributed by atoms with Crippen LogP contribution in [-0.2, 0) is 9.53 Å². The maximum atomic E-state index is 13.6. The molecule has 1 heterocycles. The van der Waals surface area contributed by atoms with Crippen LogP contribution in [0, 0.1) is 0 Å². The molecule has 0 bridgehead atoms. The van der Waals surface area contributed by atoms with Crippen molar-refractivity contribution >= 4 is 28.4 Å². The standard InChI is InChI=1S/C28H44N6O5/c1-5-25(33(4)30-3)26(36)18-39-17-22-15-23(35)16-34(22)27(37)24(12-13-29-2)32-28(38)31-21-11-10-19-8-6-7-9-20(19)14-21/h6-11,14,22-26,29-30,35-36H,5,12-13,15-18H2,1-4H3,(H2,31,32,38)/t22-,23-,24-,25?,26+/m0/s1. The maximum Gasteiger partial charge on any atom is 0.319 e. The van der Waals surface area contributed by atoms with E-state index in [0.717, 1.165) is 17.2 Å². The summed E-state index contributed by atoms with van der Waals surface area (Å²) in [7, 11) is 5.44. The minimum absolute atomic E-state index is 0.106. The zero-order valence-electron chi connectivity index (χ0n) is 23.4. The van der Waals surface area contributed by atoms with Crippen LogP contribution in [0.2, 0.25) is 0 Å². The van der Waals surface area contributed by atoms with Crippen molar-refractivity contribution in [3.8, 4) is 0 Å². The molecule has 11 nitrogen and oxygen atoms in total. The van der Waals surface area contributed by atoms with Crippen molar-refractivity contribution in [1.82, 2.24) is 26.0 Å². The van der Waals surface area contributed by atoms with E-state index < -0.39 is 24.3 Å². The fourth-order valence-electron chi connectivity index (χ4n) is 5.06. The number of aliphatic hydroxyl groups is 2. The number of fused-ring (bicyclic) bond motifs is 1. The summed E-state index contributed by atoms with van der Waals surface area (Å²) in [6, 6.07) is 11.8. The minimum Gasteiger partial charge on any atom is -0.391 e. The highest BCUT2D eigenvalue weighted by molar-refractivity contribution is 5.96. The number of nitrogens with one attached hydrogen (secondary N) is 4. The summed E-state index contributed by atoms with van der Waals surface area (Å²) >= 11 is 0. The van der Waals surface area contributed by atoms with Crippen LogP contribution in [0.3, 0.4) is 0 Å². The molecule has 1 saturated heterocycles. The number of carbonyl (C=O) groups is 2. The van der Waals surface area contributed by atoms with Gasteiger partial charge in [0.05, 0.1) is 37.5 Å². The number of likely N-dealkylation sites (N-methyl/N-ethyl adjacent to an activating group) is 1. The Hall–Kier alpha value is -2.80. The van der Waals surface area contributed by atoms with E-state index in [1.165, 1.54) is 0 Å². The predicted molar refractivity (Wildman–Crippen MR) is 152 cm³/mol. The van der Waals surface area contributed by atoms with Crippen molar-refractivity contribution in [2.45, 2.75) is 56.5 Å². The second-order valence-electron chi connectivity index (χ2n) is 10.1. The number of anilines is 1. The first-order valence-electron chi connectivity index (χ1n) is 13.6. The first-order chi connectivity index (χ1) is 18.8. The van der Waals surface area contributed by atoms with Crippen molar-refractivity contribution in [3.63, 3.8) is 0 Å². The van der Waals surface area contributed by atoms with E-state index in [4.69, 9.17) is 4.74 Å². The third-order valence-corrected chi connectivity index (χ3v) is 7.28. The normalized spacial score (nSPS) is 19.7. The van der Waals surface area contributed by atoms with Gasteiger partial charge in [-0.3, -0.25) is 10.2 Å². The number of hydrogen-bond donors (Lipinski definition) is 6. The Morgan fingerprint density at radius 2 is 1.92 bits per heavy atom. The number of urea groups is 1. The Labute approximate surface area is 230 Å². The number of β-amino-alcohol motifs (C(OH)–C–C–N with tert-alkyl or cyclic N) is 1. The molecular weight excluding hydrogens is 500 g/mol. The van der Waals surface area contributed by atoms with Crippen LogP contribution in [0.4, 0.5) is 10.5 Å². The van der Waals surface area contributed by atoms with Crippen LogP contribution >= 0.6 is 0 Å². The molecule has 0 aliphatic carbocycles. The van der Waals surface area contributed by atoms with Gasteiger partial charge in [-0.05, 0) is 62.8 Å². The second-order valence-corrected chi connectivity index (χ2v) is 10.1. The highest BCUT2D eigenvalue weighted by Gasteiger charge is 2.38. The lowest BCUT2D eigenvalue weighted by Crippen LogP contribution is -2.53. The molecule has 3 rings (SSSR count). The molecular formula is C28H44N6O5. The van der Waals surface area contributed by atoms with Crippen molar-refractivity contribution < 1.29 is 24.5 Å². The van der Waals surface area contributed by atoms with Gasteiger partial charge in [0, 0.05) is 19.3 Å². The summed E-state index contributed by atoms with van der Waals surface area (Å²) in [5.41, 5.74) is 3.64. The molecule has 0 aromatic heterocycles. The molecule has 6 N–H and O–H groups in total. The van der Waals surface area contributed by atoms with Crippen molar-refractivity contribution in [1.29, 1.82) is 0 Å². The fourth-order valence-corrected chi connectivity index (χ4v) is 5.06. The molecule has 2 aromatic rings. The first-order valence-corrected chi connectivity index (χ1v) is 13.6. The number of hydrogen-bond acceptors (Lipinski definition) is 8. The van der Waals surface area contributed by atoms with Crippen LogP contribution in [0.1, 0.15) is 26.2 Å². The Kier molecular flexibility index (Phi) is 11.9. The van der Waals surface area contributed by atoms with Crippen LogP contribution in [0.5, 0.6) is 0 Å². The summed E-state index contributed by atoms with van der Waals surface area (Å²) in [4.78, 5) is 28.0. The average molecular weight is 545 g/mol. The molecule has 5 atom stereocenters. The number of rotatable bonds is 14. The number of hydrazine groups is 1. The first kappa shape index (κ1) is 30.7. The Morgan fingerprint density at radius 3 is 2.62 bits per heavy atom. The molecule has 0 radical (unpaired) electrons. The molecule has 1 fully saturated rings. The van der Waals surface area contributed by atoms with E-state index in [1.807, 2.05) is 61.4 Å². The molecule has 1 aliphatic heterocycles. The van der Waals surface area contributed by atoms with E-state index in [1.54, 1.807) is 19.0 Å². The zero-order valence-corrected chi connectivity index (χ0v) is 23.4. The third kappa shape index (κ3) is 8.59. The lowest BCUT2D eigenvalue weighted by Gasteiger charge is -2.31. The molecule has 1 unspecified atom stereocenters. The topological polar surface area (TPSA) is 138 Å². The van der Waals surface area contributed by atoms with Gasteiger partial charge in [0.1, 0.15) is 6.04 Å². The zero-order chi connectivity index (χ0) is 28.4. The number of nitrogens with zero attached hydrogens (tertiary/aromatic N) is 2. The maximum absolute atomic E-state index is 13.6. The van der Waals surface area contributed by atoms with E-state index in [0.29, 0.717) is 25.1 Å². The molecule has 39 heavy (non-hydrogen) atoms. The highest BCUT2D eigenvalue weighted by Crippen LogP contribution is 2.21.